The second-order valence-electron chi connectivity index (χ2n) is 18.4. The van der Waals surface area contributed by atoms with Crippen LogP contribution in [0.2, 0.25) is 0 Å². The van der Waals surface area contributed by atoms with Gasteiger partial charge in [-0.3, -0.25) is 0 Å². The van der Waals surface area contributed by atoms with Gasteiger partial charge in [-0.05, 0) is 127 Å². The molecule has 14 rings (SSSR count). The largest absolute Gasteiger partial charge is 0.456 e. The number of furan rings is 1. The van der Waals surface area contributed by atoms with E-state index in [1.54, 1.807) is 0 Å². The molecule has 0 spiro atoms. The van der Waals surface area contributed by atoms with Crippen LogP contribution in [0, 0.1) is 0 Å². The maximum Gasteiger partial charge on any atom is 0.136 e. The van der Waals surface area contributed by atoms with Crippen molar-refractivity contribution in [2.45, 2.75) is 0 Å². The van der Waals surface area contributed by atoms with Crippen molar-refractivity contribution in [1.82, 2.24) is 4.57 Å². The number of hydrogen-bond acceptors (Lipinski definition) is 2. The Morgan fingerprint density at radius 1 is 0.282 bits per heavy atom. The second-order valence-corrected chi connectivity index (χ2v) is 18.4. The van der Waals surface area contributed by atoms with E-state index in [-0.39, 0.29) is 0 Å². The summed E-state index contributed by atoms with van der Waals surface area (Å²) in [6, 6.07) is 96.8. The van der Waals surface area contributed by atoms with Crippen molar-refractivity contribution in [3.8, 4) is 50.2 Å². The van der Waals surface area contributed by atoms with Crippen molar-refractivity contribution >= 4 is 82.4 Å². The topological polar surface area (TPSA) is 21.3 Å². The Balaban J connectivity index is 1.00. The van der Waals surface area contributed by atoms with Gasteiger partial charge in [0.2, 0.25) is 0 Å². The summed E-state index contributed by atoms with van der Waals surface area (Å²) in [6.07, 6.45) is 0. The molecule has 2 aromatic heterocycles. The Morgan fingerprint density at radius 2 is 0.732 bits per heavy atom. The van der Waals surface area contributed by atoms with Crippen molar-refractivity contribution in [3.63, 3.8) is 0 Å². The van der Waals surface area contributed by atoms with Gasteiger partial charge in [0.1, 0.15) is 11.2 Å². The average molecular weight is 905 g/mol. The van der Waals surface area contributed by atoms with Gasteiger partial charge >= 0.3 is 0 Å². The maximum absolute atomic E-state index is 6.59. The Morgan fingerprint density at radius 3 is 1.37 bits per heavy atom. The Bertz CT molecular complexity index is 4160. The van der Waals surface area contributed by atoms with Gasteiger partial charge in [0.05, 0.1) is 16.7 Å². The van der Waals surface area contributed by atoms with Crippen LogP contribution in [-0.2, 0) is 0 Å². The molecular weight excluding hydrogens is 861 g/mol. The zero-order chi connectivity index (χ0) is 46.8. The summed E-state index contributed by atoms with van der Waals surface area (Å²) in [5, 5.41) is 9.60. The van der Waals surface area contributed by atoms with Gasteiger partial charge in [0.15, 0.2) is 0 Å². The first kappa shape index (κ1) is 40.6. The number of hydrogen-bond donors (Lipinski definition) is 0. The van der Waals surface area contributed by atoms with Crippen LogP contribution in [0.5, 0.6) is 0 Å². The van der Waals surface area contributed by atoms with Crippen molar-refractivity contribution < 1.29 is 4.42 Å². The SMILES string of the molecule is c1ccc(-n2c3ccccc3c3ccccc32)c(-c2ccc(N(c3ccc(-c4cccc5ccccc45)cc3)c3ccc(-c4cccc5ccccc45)cc3)cc2-c2cccc3oc4ccccc4c23)c1. The number of anilines is 3. The van der Waals surface area contributed by atoms with Gasteiger partial charge in [-0.1, -0.05) is 200 Å². The number of aromatic nitrogens is 1. The zero-order valence-electron chi connectivity index (χ0n) is 38.7. The van der Waals surface area contributed by atoms with Gasteiger partial charge in [-0.15, -0.1) is 0 Å². The van der Waals surface area contributed by atoms with Gasteiger partial charge < -0.3 is 13.9 Å². The van der Waals surface area contributed by atoms with E-state index in [1.807, 2.05) is 6.07 Å². The highest BCUT2D eigenvalue weighted by molar-refractivity contribution is 6.15. The number of benzene rings is 12. The van der Waals surface area contributed by atoms with Crippen LogP contribution in [0.4, 0.5) is 17.1 Å². The summed E-state index contributed by atoms with van der Waals surface area (Å²) in [7, 11) is 0. The molecule has 2 heterocycles. The van der Waals surface area contributed by atoms with Gasteiger partial charge in [0.25, 0.3) is 0 Å². The quantitative estimate of drug-likeness (QED) is 0.151. The molecule has 0 atom stereocenters. The highest BCUT2D eigenvalue weighted by atomic mass is 16.3. The van der Waals surface area contributed by atoms with Crippen molar-refractivity contribution in [2.75, 3.05) is 4.90 Å². The molecule has 0 radical (unpaired) electrons. The lowest BCUT2D eigenvalue weighted by Gasteiger charge is -2.28. The first-order chi connectivity index (χ1) is 35.2. The molecule has 0 bridgehead atoms. The second kappa shape index (κ2) is 16.7. The van der Waals surface area contributed by atoms with Gasteiger partial charge in [-0.25, -0.2) is 0 Å². The monoisotopic (exact) mass is 904 g/mol. The fourth-order valence-electron chi connectivity index (χ4n) is 11.2. The van der Waals surface area contributed by atoms with E-state index in [4.69, 9.17) is 4.42 Å². The molecule has 14 aromatic rings. The number of para-hydroxylation sites is 4. The molecule has 0 fully saturated rings. The standard InChI is InChI=1S/C68H44N2O/c1-3-20-52-45(16-1)18-13-26-54(52)47-34-38-49(39-35-47)69(50-40-36-48(37-41-50)55-27-14-19-46-17-2-4-21-53(46)55)51-42-43-56(62(44-51)60-28-15-33-67-68(60)61-25-8-12-32-66(61)71-67)57-22-5-9-29-63(57)70-64-30-10-6-23-58(64)59-24-7-11-31-65(59)70/h1-44H. The molecule has 332 valence electrons. The minimum atomic E-state index is 0.862. The third-order valence-corrected chi connectivity index (χ3v) is 14.4. The molecular formula is C68H44N2O. The van der Waals surface area contributed by atoms with E-state index >= 15 is 0 Å². The van der Waals surface area contributed by atoms with E-state index in [0.717, 1.165) is 66.9 Å². The first-order valence-electron chi connectivity index (χ1n) is 24.3. The number of fused-ring (bicyclic) bond motifs is 8. The molecule has 3 nitrogen and oxygen atoms in total. The minimum absolute atomic E-state index is 0.862. The van der Waals surface area contributed by atoms with Crippen LogP contribution in [0.3, 0.4) is 0 Å². The highest BCUT2D eigenvalue weighted by Gasteiger charge is 2.23. The normalized spacial score (nSPS) is 11.7. The summed E-state index contributed by atoms with van der Waals surface area (Å²) < 4.78 is 9.03. The third kappa shape index (κ3) is 6.74. The highest BCUT2D eigenvalue weighted by Crippen LogP contribution is 2.47. The fourth-order valence-corrected chi connectivity index (χ4v) is 11.2. The lowest BCUT2D eigenvalue weighted by atomic mass is 9.90. The van der Waals surface area contributed by atoms with Crippen LogP contribution >= 0.6 is 0 Å². The molecule has 0 unspecified atom stereocenters. The zero-order valence-corrected chi connectivity index (χ0v) is 38.7. The van der Waals surface area contributed by atoms with E-state index in [0.29, 0.717) is 0 Å². The first-order valence-corrected chi connectivity index (χ1v) is 24.3. The third-order valence-electron chi connectivity index (χ3n) is 14.4. The number of rotatable bonds is 8. The van der Waals surface area contributed by atoms with Gasteiger partial charge in [-0.2, -0.15) is 0 Å². The lowest BCUT2D eigenvalue weighted by Crippen LogP contribution is -2.10. The molecule has 0 amide bonds. The van der Waals surface area contributed by atoms with E-state index in [2.05, 4.69) is 270 Å². The van der Waals surface area contributed by atoms with Crippen molar-refractivity contribution in [1.29, 1.82) is 0 Å². The van der Waals surface area contributed by atoms with Crippen LogP contribution in [-0.4, -0.2) is 4.57 Å². The van der Waals surface area contributed by atoms with Crippen molar-refractivity contribution in [2.24, 2.45) is 0 Å². The minimum Gasteiger partial charge on any atom is -0.456 e. The smallest absolute Gasteiger partial charge is 0.136 e. The maximum atomic E-state index is 6.59. The predicted molar refractivity (Wildman–Crippen MR) is 299 cm³/mol. The average Bonchev–Trinajstić information content (AvgIpc) is 3.99. The van der Waals surface area contributed by atoms with E-state index < -0.39 is 0 Å². The van der Waals surface area contributed by atoms with E-state index in [1.165, 1.54) is 65.6 Å². The predicted octanol–water partition coefficient (Wildman–Crippen LogP) is 19.1. The van der Waals surface area contributed by atoms with Gasteiger partial charge in [0, 0.05) is 44.2 Å². The number of nitrogens with zero attached hydrogens (tertiary/aromatic N) is 2. The van der Waals surface area contributed by atoms with Crippen LogP contribution in [0.25, 0.3) is 115 Å². The molecule has 0 aliphatic heterocycles. The Labute approximate surface area is 411 Å². The summed E-state index contributed by atoms with van der Waals surface area (Å²) >= 11 is 0. The molecule has 71 heavy (non-hydrogen) atoms. The Hall–Kier alpha value is -9.44. The molecule has 12 aromatic carbocycles. The molecule has 0 N–H and O–H groups in total. The van der Waals surface area contributed by atoms with Crippen LogP contribution < -0.4 is 4.90 Å². The molecule has 0 saturated carbocycles. The molecule has 3 heteroatoms. The summed E-state index contributed by atoms with van der Waals surface area (Å²) in [5.41, 5.74) is 17.6. The van der Waals surface area contributed by atoms with E-state index in [9.17, 15) is 0 Å². The molecule has 0 aliphatic carbocycles. The molecule has 0 aliphatic rings. The lowest BCUT2D eigenvalue weighted by molar-refractivity contribution is 0.669. The molecule has 0 saturated heterocycles. The Kier molecular flexibility index (Phi) is 9.53. The summed E-state index contributed by atoms with van der Waals surface area (Å²) in [4.78, 5) is 2.40. The van der Waals surface area contributed by atoms with Crippen LogP contribution in [0.15, 0.2) is 271 Å². The van der Waals surface area contributed by atoms with Crippen molar-refractivity contribution in [3.05, 3.63) is 267 Å². The van der Waals surface area contributed by atoms with Crippen LogP contribution in [0.1, 0.15) is 0 Å². The summed E-state index contributed by atoms with van der Waals surface area (Å²) in [5.74, 6) is 0. The fraction of sp³-hybridized carbons (Fsp3) is 0. The summed E-state index contributed by atoms with van der Waals surface area (Å²) in [6.45, 7) is 0.